The molecule has 0 radical (unpaired) electrons. The van der Waals surface area contributed by atoms with Gasteiger partial charge in [-0.25, -0.2) is 0 Å². The molecule has 2 aliphatic heterocycles. The van der Waals surface area contributed by atoms with Crippen molar-refractivity contribution in [1.29, 1.82) is 0 Å². The summed E-state index contributed by atoms with van der Waals surface area (Å²) in [5.41, 5.74) is 5.03. The number of carboxylic acid groups (broad SMARTS) is 1. The number of piperidine rings is 2. The van der Waals surface area contributed by atoms with E-state index in [0.717, 1.165) is 32.4 Å². The first kappa shape index (κ1) is 9.93. The average molecular weight is 198 g/mol. The van der Waals surface area contributed by atoms with Gasteiger partial charge in [-0.15, -0.1) is 0 Å². The fourth-order valence-electron chi connectivity index (χ4n) is 2.83. The molecule has 0 bridgehead atoms. The van der Waals surface area contributed by atoms with Gasteiger partial charge in [-0.3, -0.25) is 9.69 Å². The summed E-state index contributed by atoms with van der Waals surface area (Å²) in [5, 5.41) is 9.18. The van der Waals surface area contributed by atoms with E-state index in [2.05, 4.69) is 4.90 Å². The molecule has 2 fully saturated rings. The van der Waals surface area contributed by atoms with Gasteiger partial charge in [0.25, 0.3) is 0 Å². The predicted molar refractivity (Wildman–Crippen MR) is 53.0 cm³/mol. The van der Waals surface area contributed by atoms with E-state index in [1.165, 1.54) is 6.42 Å². The Balaban J connectivity index is 2.20. The summed E-state index contributed by atoms with van der Waals surface area (Å²) in [7, 11) is 0. The fourth-order valence-corrected chi connectivity index (χ4v) is 2.83. The molecule has 2 rings (SSSR count). The zero-order chi connectivity index (χ0) is 10.2. The molecule has 0 saturated carbocycles. The van der Waals surface area contributed by atoms with E-state index in [1.807, 2.05) is 0 Å². The standard InChI is InChI=1S/C10H18N2O2/c11-10(9(13)14)5-3-7-12-6-2-1-4-8(10)12/h8H,1-7,11H2,(H,13,14)/t8-,10+/m1/s1. The van der Waals surface area contributed by atoms with Crippen LogP contribution in [-0.4, -0.2) is 40.6 Å². The third kappa shape index (κ3) is 1.42. The molecule has 0 aromatic heterocycles. The van der Waals surface area contributed by atoms with E-state index in [4.69, 9.17) is 5.73 Å². The lowest BCUT2D eigenvalue weighted by Gasteiger charge is -2.47. The summed E-state index contributed by atoms with van der Waals surface area (Å²) >= 11 is 0. The lowest BCUT2D eigenvalue weighted by molar-refractivity contribution is -0.149. The summed E-state index contributed by atoms with van der Waals surface area (Å²) in [6.07, 6.45) is 4.80. The Morgan fingerprint density at radius 1 is 1.36 bits per heavy atom. The normalized spacial score (nSPS) is 39.1. The summed E-state index contributed by atoms with van der Waals surface area (Å²) in [6.45, 7) is 2.05. The lowest BCUT2D eigenvalue weighted by atomic mass is 9.77. The summed E-state index contributed by atoms with van der Waals surface area (Å²) in [6, 6.07) is 0.0718. The van der Waals surface area contributed by atoms with Gasteiger partial charge in [0.1, 0.15) is 5.54 Å². The first-order chi connectivity index (χ1) is 6.64. The molecule has 0 unspecified atom stereocenters. The third-order valence-electron chi connectivity index (χ3n) is 3.64. The topological polar surface area (TPSA) is 66.6 Å². The van der Waals surface area contributed by atoms with E-state index >= 15 is 0 Å². The first-order valence-corrected chi connectivity index (χ1v) is 5.41. The molecule has 14 heavy (non-hydrogen) atoms. The van der Waals surface area contributed by atoms with Crippen molar-refractivity contribution in [2.45, 2.75) is 43.7 Å². The molecule has 0 aliphatic carbocycles. The Kier molecular flexibility index (Phi) is 2.49. The number of carbonyl (C=O) groups is 1. The van der Waals surface area contributed by atoms with Crippen LogP contribution in [0.2, 0.25) is 0 Å². The van der Waals surface area contributed by atoms with Crippen molar-refractivity contribution in [3.05, 3.63) is 0 Å². The highest BCUT2D eigenvalue weighted by Gasteiger charge is 2.47. The quantitative estimate of drug-likeness (QED) is 0.640. The molecule has 0 aromatic rings. The fraction of sp³-hybridized carbons (Fsp3) is 0.900. The van der Waals surface area contributed by atoms with Crippen molar-refractivity contribution in [3.8, 4) is 0 Å². The van der Waals surface area contributed by atoms with Crippen LogP contribution >= 0.6 is 0 Å². The van der Waals surface area contributed by atoms with Gasteiger partial charge in [0.15, 0.2) is 0 Å². The molecule has 4 nitrogen and oxygen atoms in total. The van der Waals surface area contributed by atoms with Gasteiger partial charge in [-0.2, -0.15) is 0 Å². The molecule has 2 heterocycles. The minimum absolute atomic E-state index is 0.0718. The van der Waals surface area contributed by atoms with Crippen molar-refractivity contribution in [2.75, 3.05) is 13.1 Å². The molecule has 0 amide bonds. The Labute approximate surface area is 84.1 Å². The van der Waals surface area contributed by atoms with Crippen LogP contribution in [0.25, 0.3) is 0 Å². The van der Waals surface area contributed by atoms with Crippen molar-refractivity contribution in [3.63, 3.8) is 0 Å². The number of nitrogens with two attached hydrogens (primary N) is 1. The molecule has 4 heteroatoms. The molecule has 80 valence electrons. The Morgan fingerprint density at radius 2 is 2.07 bits per heavy atom. The Morgan fingerprint density at radius 3 is 2.79 bits per heavy atom. The zero-order valence-corrected chi connectivity index (χ0v) is 8.41. The maximum absolute atomic E-state index is 11.2. The molecular formula is C10H18N2O2. The minimum Gasteiger partial charge on any atom is -0.480 e. The van der Waals surface area contributed by atoms with Crippen molar-refractivity contribution in [1.82, 2.24) is 4.90 Å². The Bertz CT molecular complexity index is 242. The van der Waals surface area contributed by atoms with Crippen molar-refractivity contribution >= 4 is 5.97 Å². The van der Waals surface area contributed by atoms with Gasteiger partial charge < -0.3 is 10.8 Å². The monoisotopic (exact) mass is 198 g/mol. The number of hydrogen-bond donors (Lipinski definition) is 2. The second-order valence-electron chi connectivity index (χ2n) is 4.50. The number of rotatable bonds is 1. The second kappa shape index (κ2) is 3.51. The molecule has 2 aliphatic rings. The average Bonchev–Trinajstić information content (AvgIpc) is 2.18. The van der Waals surface area contributed by atoms with E-state index < -0.39 is 11.5 Å². The molecular weight excluding hydrogens is 180 g/mol. The van der Waals surface area contributed by atoms with Gasteiger partial charge in [0, 0.05) is 6.04 Å². The van der Waals surface area contributed by atoms with Crippen molar-refractivity contribution < 1.29 is 9.90 Å². The molecule has 2 atom stereocenters. The van der Waals surface area contributed by atoms with Crippen LogP contribution in [0.1, 0.15) is 32.1 Å². The third-order valence-corrected chi connectivity index (χ3v) is 3.64. The van der Waals surface area contributed by atoms with Crippen LogP contribution in [0.4, 0.5) is 0 Å². The first-order valence-electron chi connectivity index (χ1n) is 5.41. The number of nitrogens with zero attached hydrogens (tertiary/aromatic N) is 1. The highest BCUT2D eigenvalue weighted by molar-refractivity contribution is 5.79. The maximum atomic E-state index is 11.2. The van der Waals surface area contributed by atoms with E-state index in [0.29, 0.717) is 6.42 Å². The van der Waals surface area contributed by atoms with Crippen LogP contribution in [0.5, 0.6) is 0 Å². The van der Waals surface area contributed by atoms with Gasteiger partial charge in [0.2, 0.25) is 0 Å². The van der Waals surface area contributed by atoms with E-state index in [9.17, 15) is 9.90 Å². The van der Waals surface area contributed by atoms with E-state index in [-0.39, 0.29) is 6.04 Å². The molecule has 0 aromatic carbocycles. The summed E-state index contributed by atoms with van der Waals surface area (Å²) < 4.78 is 0. The minimum atomic E-state index is -0.987. The SMILES string of the molecule is N[C@@]1(C(=O)O)CCCN2CCCC[C@@H]21. The van der Waals surface area contributed by atoms with Gasteiger partial charge in [-0.1, -0.05) is 6.42 Å². The lowest BCUT2D eigenvalue weighted by Crippen LogP contribution is -2.67. The van der Waals surface area contributed by atoms with Gasteiger partial charge in [-0.05, 0) is 38.8 Å². The van der Waals surface area contributed by atoms with Gasteiger partial charge >= 0.3 is 5.97 Å². The summed E-state index contributed by atoms with van der Waals surface area (Å²) in [4.78, 5) is 13.4. The largest absolute Gasteiger partial charge is 0.480 e. The zero-order valence-electron chi connectivity index (χ0n) is 8.41. The van der Waals surface area contributed by atoms with Crippen LogP contribution in [-0.2, 0) is 4.79 Å². The van der Waals surface area contributed by atoms with Gasteiger partial charge in [0.05, 0.1) is 0 Å². The second-order valence-corrected chi connectivity index (χ2v) is 4.50. The molecule has 2 saturated heterocycles. The van der Waals surface area contributed by atoms with Crippen LogP contribution in [0, 0.1) is 0 Å². The van der Waals surface area contributed by atoms with Crippen LogP contribution in [0.15, 0.2) is 0 Å². The number of carboxylic acids is 1. The number of aliphatic carboxylic acids is 1. The van der Waals surface area contributed by atoms with Crippen molar-refractivity contribution in [2.24, 2.45) is 5.73 Å². The van der Waals surface area contributed by atoms with Crippen LogP contribution in [0.3, 0.4) is 0 Å². The maximum Gasteiger partial charge on any atom is 0.325 e. The number of fused-ring (bicyclic) bond motifs is 1. The smallest absolute Gasteiger partial charge is 0.325 e. The predicted octanol–water partition coefficient (Wildman–Crippen LogP) is 0.417. The summed E-state index contributed by atoms with van der Waals surface area (Å²) in [5.74, 6) is -0.825. The number of hydrogen-bond acceptors (Lipinski definition) is 3. The van der Waals surface area contributed by atoms with Crippen LogP contribution < -0.4 is 5.73 Å². The van der Waals surface area contributed by atoms with E-state index in [1.54, 1.807) is 0 Å². The highest BCUT2D eigenvalue weighted by atomic mass is 16.4. The Hall–Kier alpha value is -0.610. The highest BCUT2D eigenvalue weighted by Crippen LogP contribution is 2.32. The molecule has 3 N–H and O–H groups in total. The molecule has 0 spiro atoms.